The number of unbranched alkanes of at least 4 members (excludes halogenated alkanes) is 29. The predicted molar refractivity (Wildman–Crippen MR) is 238 cm³/mol. The highest BCUT2D eigenvalue weighted by Gasteiger charge is 2.19. The normalized spacial score (nSPS) is 12.1. The van der Waals surface area contributed by atoms with Crippen LogP contribution < -0.4 is 0 Å². The van der Waals surface area contributed by atoms with Crippen molar-refractivity contribution in [3.8, 4) is 0 Å². The third-order valence-electron chi connectivity index (χ3n) is 11.2. The minimum atomic E-state index is -0.759. The highest BCUT2D eigenvalue weighted by Crippen LogP contribution is 2.17. The van der Waals surface area contributed by atoms with Gasteiger partial charge >= 0.3 is 17.9 Å². The van der Waals surface area contributed by atoms with Gasteiger partial charge in [0, 0.05) is 19.3 Å². The van der Waals surface area contributed by atoms with Gasteiger partial charge in [-0.1, -0.05) is 234 Å². The molecule has 0 aromatic rings. The molecule has 0 radical (unpaired) electrons. The van der Waals surface area contributed by atoms with Crippen LogP contribution in [0.3, 0.4) is 0 Å². The predicted octanol–water partition coefficient (Wildman–Crippen LogP) is 15.8. The minimum Gasteiger partial charge on any atom is -0.462 e. The van der Waals surface area contributed by atoms with E-state index in [0.717, 1.165) is 76.0 Å². The Labute approximate surface area is 348 Å². The van der Waals surface area contributed by atoms with Gasteiger partial charge in [-0.25, -0.2) is 0 Å². The van der Waals surface area contributed by atoms with E-state index in [4.69, 9.17) is 14.2 Å². The summed E-state index contributed by atoms with van der Waals surface area (Å²) in [5.74, 6) is 0.798. The van der Waals surface area contributed by atoms with Gasteiger partial charge in [0.1, 0.15) is 13.2 Å². The van der Waals surface area contributed by atoms with Crippen LogP contribution in [-0.2, 0) is 28.6 Å². The highest BCUT2D eigenvalue weighted by atomic mass is 16.6. The van der Waals surface area contributed by atoms with Crippen LogP contribution in [-0.4, -0.2) is 37.2 Å². The molecule has 0 heterocycles. The second-order valence-corrected chi connectivity index (χ2v) is 18.1. The molecule has 0 saturated carbocycles. The van der Waals surface area contributed by atoms with Gasteiger partial charge in [0.25, 0.3) is 0 Å². The Morgan fingerprint density at radius 2 is 0.589 bits per heavy atom. The Hall–Kier alpha value is -1.59. The van der Waals surface area contributed by atoms with Crippen molar-refractivity contribution < 1.29 is 28.6 Å². The SMILES string of the molecule is CCCCCCCC(=O)OC[C@@H](COC(=O)CCCCCCCCCCCCCCCCCCCCC(C)C)OC(=O)CCCCCCCCCCCC(C)C. The molecule has 0 rings (SSSR count). The van der Waals surface area contributed by atoms with E-state index in [-0.39, 0.29) is 31.1 Å². The fraction of sp³-hybridized carbons (Fsp3) is 0.940. The first kappa shape index (κ1) is 54.4. The second-order valence-electron chi connectivity index (χ2n) is 18.1. The van der Waals surface area contributed by atoms with Gasteiger partial charge in [0.05, 0.1) is 0 Å². The molecule has 6 nitrogen and oxygen atoms in total. The molecule has 6 heteroatoms. The topological polar surface area (TPSA) is 78.9 Å². The smallest absolute Gasteiger partial charge is 0.306 e. The quantitative estimate of drug-likeness (QED) is 0.0347. The number of esters is 3. The molecule has 0 aromatic carbocycles. The van der Waals surface area contributed by atoms with Gasteiger partial charge in [-0.3, -0.25) is 14.4 Å². The van der Waals surface area contributed by atoms with Crippen molar-refractivity contribution >= 4 is 17.9 Å². The van der Waals surface area contributed by atoms with Crippen molar-refractivity contribution in [1.82, 2.24) is 0 Å². The maximum atomic E-state index is 12.7. The molecule has 0 unspecified atom stereocenters. The zero-order valence-corrected chi connectivity index (χ0v) is 38.3. The summed E-state index contributed by atoms with van der Waals surface area (Å²) in [6.45, 7) is 11.3. The Morgan fingerprint density at radius 1 is 0.339 bits per heavy atom. The zero-order valence-electron chi connectivity index (χ0n) is 38.3. The molecule has 0 spiro atoms. The van der Waals surface area contributed by atoms with Crippen molar-refractivity contribution in [1.29, 1.82) is 0 Å². The summed E-state index contributed by atoms with van der Waals surface area (Å²) >= 11 is 0. The molecular weight excluding hydrogens is 697 g/mol. The van der Waals surface area contributed by atoms with Crippen LogP contribution in [0.2, 0.25) is 0 Å². The zero-order chi connectivity index (χ0) is 41.2. The number of rotatable bonds is 44. The molecule has 332 valence electrons. The minimum absolute atomic E-state index is 0.0653. The average molecular weight is 793 g/mol. The number of carbonyl (C=O) groups excluding carboxylic acids is 3. The number of hydrogen-bond acceptors (Lipinski definition) is 6. The summed E-state index contributed by atoms with van der Waals surface area (Å²) in [6, 6.07) is 0. The van der Waals surface area contributed by atoms with Crippen LogP contribution in [0, 0.1) is 11.8 Å². The summed E-state index contributed by atoms with van der Waals surface area (Å²) in [7, 11) is 0. The lowest BCUT2D eigenvalue weighted by Crippen LogP contribution is -2.30. The van der Waals surface area contributed by atoms with E-state index in [0.29, 0.717) is 19.3 Å². The maximum absolute atomic E-state index is 12.7. The van der Waals surface area contributed by atoms with Gasteiger partial charge < -0.3 is 14.2 Å². The standard InChI is InChI=1S/C50H96O6/c1-6-7-8-28-35-40-48(51)54-43-47(56-50(53)42-37-32-27-23-19-21-25-30-34-39-46(4)5)44-55-49(52)41-36-31-26-22-18-16-14-12-10-9-11-13-15-17-20-24-29-33-38-45(2)3/h45-47H,6-44H2,1-5H3/t47-/m0/s1. The highest BCUT2D eigenvalue weighted by molar-refractivity contribution is 5.71. The molecule has 0 aliphatic heterocycles. The first-order valence-electron chi connectivity index (χ1n) is 24.7. The molecule has 0 N–H and O–H groups in total. The van der Waals surface area contributed by atoms with Crippen LogP contribution in [0.4, 0.5) is 0 Å². The van der Waals surface area contributed by atoms with E-state index < -0.39 is 6.10 Å². The summed E-state index contributed by atoms with van der Waals surface area (Å²) in [4.78, 5) is 37.5. The van der Waals surface area contributed by atoms with Gasteiger partial charge in [-0.2, -0.15) is 0 Å². The van der Waals surface area contributed by atoms with Crippen molar-refractivity contribution in [3.05, 3.63) is 0 Å². The lowest BCUT2D eigenvalue weighted by Gasteiger charge is -2.18. The van der Waals surface area contributed by atoms with E-state index in [1.54, 1.807) is 0 Å². The summed E-state index contributed by atoms with van der Waals surface area (Å²) < 4.78 is 16.6. The number of ether oxygens (including phenoxy) is 3. The van der Waals surface area contributed by atoms with Crippen LogP contribution in [0.5, 0.6) is 0 Å². The Kier molecular flexibility index (Phi) is 41.8. The fourth-order valence-electron chi connectivity index (χ4n) is 7.46. The van der Waals surface area contributed by atoms with Gasteiger partial charge in [-0.15, -0.1) is 0 Å². The molecule has 56 heavy (non-hydrogen) atoms. The second kappa shape index (κ2) is 43.0. The first-order valence-corrected chi connectivity index (χ1v) is 24.7. The average Bonchev–Trinajstić information content (AvgIpc) is 3.16. The van der Waals surface area contributed by atoms with E-state index in [1.807, 2.05) is 0 Å². The molecule has 0 bridgehead atoms. The molecule has 1 atom stereocenters. The van der Waals surface area contributed by atoms with E-state index in [1.165, 1.54) is 154 Å². The van der Waals surface area contributed by atoms with E-state index in [2.05, 4.69) is 34.6 Å². The van der Waals surface area contributed by atoms with Crippen LogP contribution in [0.25, 0.3) is 0 Å². The molecule has 0 fully saturated rings. The van der Waals surface area contributed by atoms with Gasteiger partial charge in [-0.05, 0) is 31.1 Å². The molecule has 0 aliphatic carbocycles. The Balaban J connectivity index is 4.06. The van der Waals surface area contributed by atoms with Crippen molar-refractivity contribution in [2.45, 2.75) is 278 Å². The lowest BCUT2D eigenvalue weighted by molar-refractivity contribution is -0.167. The van der Waals surface area contributed by atoms with Crippen molar-refractivity contribution in [2.24, 2.45) is 11.8 Å². The monoisotopic (exact) mass is 793 g/mol. The first-order chi connectivity index (χ1) is 27.2. The fourth-order valence-corrected chi connectivity index (χ4v) is 7.46. The largest absolute Gasteiger partial charge is 0.462 e. The van der Waals surface area contributed by atoms with Crippen molar-refractivity contribution in [2.75, 3.05) is 13.2 Å². The van der Waals surface area contributed by atoms with Gasteiger partial charge in [0.15, 0.2) is 6.10 Å². The summed E-state index contributed by atoms with van der Waals surface area (Å²) in [5.41, 5.74) is 0. The third-order valence-corrected chi connectivity index (χ3v) is 11.2. The summed E-state index contributed by atoms with van der Waals surface area (Å²) in [5, 5.41) is 0. The molecule has 0 aromatic heterocycles. The number of hydrogen-bond donors (Lipinski definition) is 0. The lowest BCUT2D eigenvalue weighted by atomic mass is 10.0. The van der Waals surface area contributed by atoms with E-state index >= 15 is 0 Å². The maximum Gasteiger partial charge on any atom is 0.306 e. The van der Waals surface area contributed by atoms with Crippen LogP contribution >= 0.6 is 0 Å². The van der Waals surface area contributed by atoms with Gasteiger partial charge in [0.2, 0.25) is 0 Å². The molecule has 0 aliphatic rings. The van der Waals surface area contributed by atoms with Crippen LogP contribution in [0.1, 0.15) is 272 Å². The molecule has 0 saturated heterocycles. The number of carbonyl (C=O) groups is 3. The van der Waals surface area contributed by atoms with Crippen molar-refractivity contribution in [3.63, 3.8) is 0 Å². The summed E-state index contributed by atoms with van der Waals surface area (Å²) in [6.07, 6.45) is 42.7. The van der Waals surface area contributed by atoms with Crippen LogP contribution in [0.15, 0.2) is 0 Å². The van der Waals surface area contributed by atoms with E-state index in [9.17, 15) is 14.4 Å². The third kappa shape index (κ3) is 43.5. The Bertz CT molecular complexity index is 854. The Morgan fingerprint density at radius 3 is 0.875 bits per heavy atom. The molecule has 0 amide bonds. The molecular formula is C50H96O6.